The van der Waals surface area contributed by atoms with Gasteiger partial charge < -0.3 is 5.11 Å². The molecule has 0 aromatic heterocycles. The Bertz CT molecular complexity index is 321. The molecule has 0 aromatic rings. The van der Waals surface area contributed by atoms with Crippen molar-refractivity contribution in [1.82, 2.24) is 0 Å². The minimum Gasteiger partial charge on any atom is -0.481 e. The van der Waals surface area contributed by atoms with Crippen molar-refractivity contribution in [1.29, 1.82) is 0 Å². The van der Waals surface area contributed by atoms with Crippen LogP contribution in [0.5, 0.6) is 0 Å². The van der Waals surface area contributed by atoms with E-state index in [2.05, 4.69) is 22.9 Å². The molecule has 4 bridgehead atoms. The van der Waals surface area contributed by atoms with Crippen LogP contribution < -0.4 is 0 Å². The van der Waals surface area contributed by atoms with Crippen LogP contribution in [0.15, 0.2) is 0 Å². The maximum absolute atomic E-state index is 11.5. The fourth-order valence-corrected chi connectivity index (χ4v) is 6.70. The van der Waals surface area contributed by atoms with Gasteiger partial charge in [-0.3, -0.25) is 4.79 Å². The van der Waals surface area contributed by atoms with Crippen LogP contribution in [-0.2, 0) is 4.79 Å². The average Bonchev–Trinajstić information content (AvgIpc) is 1.95. The summed E-state index contributed by atoms with van der Waals surface area (Å²) in [4.78, 5) is 11.5. The van der Waals surface area contributed by atoms with E-state index >= 15 is 0 Å². The molecule has 0 unspecified atom stereocenters. The summed E-state index contributed by atoms with van der Waals surface area (Å²) in [6.07, 6.45) is 6.28. The van der Waals surface area contributed by atoms with E-state index in [0.717, 1.165) is 19.3 Å². The fourth-order valence-electron chi connectivity index (χ4n) is 5.03. The molecule has 4 aliphatic rings. The molecule has 2 nitrogen and oxygen atoms in total. The number of aliphatic carboxylic acids is 1. The summed E-state index contributed by atoms with van der Waals surface area (Å²) in [7, 11) is 0. The molecule has 4 aliphatic carbocycles. The van der Waals surface area contributed by atoms with Gasteiger partial charge in [0.05, 0.1) is 5.41 Å². The molecule has 3 heteroatoms. The third-order valence-electron chi connectivity index (χ3n) is 4.73. The molecule has 0 saturated heterocycles. The van der Waals surface area contributed by atoms with Crippen molar-refractivity contribution in [2.75, 3.05) is 0 Å². The second-order valence-corrected chi connectivity index (χ2v) is 8.24. The Balaban J connectivity index is 2.05. The summed E-state index contributed by atoms with van der Waals surface area (Å²) in [5.41, 5.74) is -0.126. The number of carbonyl (C=O) groups is 1. The smallest absolute Gasteiger partial charge is 0.309 e. The Labute approximate surface area is 98.6 Å². The highest BCUT2D eigenvalue weighted by molar-refractivity contribution is 9.10. The van der Waals surface area contributed by atoms with Gasteiger partial charge in [0, 0.05) is 4.32 Å². The molecule has 84 valence electrons. The lowest BCUT2D eigenvalue weighted by atomic mass is 9.44. The van der Waals surface area contributed by atoms with Gasteiger partial charge in [0.1, 0.15) is 0 Å². The number of hydrogen-bond acceptors (Lipinski definition) is 1. The molecule has 4 rings (SSSR count). The monoisotopic (exact) mass is 272 g/mol. The van der Waals surface area contributed by atoms with Crippen LogP contribution in [0.1, 0.15) is 45.4 Å². The summed E-state index contributed by atoms with van der Waals surface area (Å²) in [6.45, 7) is 2.28. The van der Waals surface area contributed by atoms with Gasteiger partial charge in [-0.1, -0.05) is 22.9 Å². The third-order valence-corrected chi connectivity index (χ3v) is 5.62. The number of rotatable bonds is 1. The Kier molecular flexibility index (Phi) is 1.76. The number of carboxylic acids is 1. The number of alkyl halides is 1. The lowest BCUT2D eigenvalue weighted by Gasteiger charge is -2.62. The van der Waals surface area contributed by atoms with E-state index < -0.39 is 11.4 Å². The molecular weight excluding hydrogens is 256 g/mol. The minimum absolute atomic E-state index is 0.138. The average molecular weight is 273 g/mol. The summed E-state index contributed by atoms with van der Waals surface area (Å²) >= 11 is 3.83. The second kappa shape index (κ2) is 2.61. The van der Waals surface area contributed by atoms with Crippen LogP contribution in [0.25, 0.3) is 0 Å². The first-order valence-corrected chi connectivity index (χ1v) is 6.57. The highest BCUT2D eigenvalue weighted by Crippen LogP contribution is 2.68. The van der Waals surface area contributed by atoms with Gasteiger partial charge in [0.2, 0.25) is 0 Å². The van der Waals surface area contributed by atoms with Crippen molar-refractivity contribution in [3.05, 3.63) is 0 Å². The van der Waals surface area contributed by atoms with Gasteiger partial charge >= 0.3 is 5.97 Å². The van der Waals surface area contributed by atoms with Gasteiger partial charge in [-0.2, -0.15) is 0 Å². The van der Waals surface area contributed by atoms with E-state index in [0.29, 0.717) is 5.92 Å². The molecule has 4 atom stereocenters. The fraction of sp³-hybridized carbons (Fsp3) is 0.917. The largest absolute Gasteiger partial charge is 0.481 e. The highest BCUT2D eigenvalue weighted by atomic mass is 79.9. The molecule has 4 saturated carbocycles. The number of carboxylic acid groups (broad SMARTS) is 1. The quantitative estimate of drug-likeness (QED) is 0.745. The van der Waals surface area contributed by atoms with Crippen molar-refractivity contribution in [2.45, 2.75) is 49.8 Å². The molecule has 1 N–H and O–H groups in total. The predicted molar refractivity (Wildman–Crippen MR) is 61.0 cm³/mol. The van der Waals surface area contributed by atoms with E-state index in [1.807, 2.05) is 0 Å². The Morgan fingerprint density at radius 1 is 1.27 bits per heavy atom. The maximum atomic E-state index is 11.5. The molecular formula is C12H17BrO2. The highest BCUT2D eigenvalue weighted by Gasteiger charge is 2.63. The molecule has 0 amide bonds. The third kappa shape index (κ3) is 1.31. The molecule has 0 aliphatic heterocycles. The molecule has 0 aromatic carbocycles. The number of hydrogen-bond donors (Lipinski definition) is 1. The molecule has 0 radical (unpaired) electrons. The van der Waals surface area contributed by atoms with Crippen LogP contribution in [0.4, 0.5) is 0 Å². The van der Waals surface area contributed by atoms with Gasteiger partial charge in [-0.05, 0) is 49.9 Å². The van der Waals surface area contributed by atoms with Crippen molar-refractivity contribution in [2.24, 2.45) is 16.7 Å². The lowest BCUT2D eigenvalue weighted by molar-refractivity contribution is -0.169. The molecule has 0 spiro atoms. The Hall–Kier alpha value is -0.0500. The summed E-state index contributed by atoms with van der Waals surface area (Å²) < 4.78 is 0.138. The van der Waals surface area contributed by atoms with Crippen LogP contribution in [0.2, 0.25) is 0 Å². The van der Waals surface area contributed by atoms with E-state index in [4.69, 9.17) is 0 Å². The topological polar surface area (TPSA) is 37.3 Å². The predicted octanol–water partition coefficient (Wildman–Crippen LogP) is 3.20. The van der Waals surface area contributed by atoms with Crippen molar-refractivity contribution >= 4 is 21.9 Å². The van der Waals surface area contributed by atoms with E-state index in [1.165, 1.54) is 19.3 Å². The standard InChI is InChI=1S/C12H17BrO2/c1-10-2-8-3-11(5-10,9(14)15)7-12(13,4-8)6-10/h8H,2-7H2,1H3,(H,14,15)/t8-,10+,11+,12-/m1/s1. The van der Waals surface area contributed by atoms with Crippen molar-refractivity contribution in [3.63, 3.8) is 0 Å². The summed E-state index contributed by atoms with van der Waals surface area (Å²) in [5, 5.41) is 9.49. The molecule has 15 heavy (non-hydrogen) atoms. The van der Waals surface area contributed by atoms with Crippen LogP contribution >= 0.6 is 15.9 Å². The zero-order chi connectivity index (χ0) is 10.9. The maximum Gasteiger partial charge on any atom is 0.309 e. The van der Waals surface area contributed by atoms with Crippen LogP contribution in [0, 0.1) is 16.7 Å². The van der Waals surface area contributed by atoms with E-state index in [1.54, 1.807) is 0 Å². The first-order chi connectivity index (χ1) is 6.85. The first kappa shape index (κ1) is 10.1. The zero-order valence-corrected chi connectivity index (χ0v) is 10.6. The SMILES string of the molecule is C[C@@]12C[C@H]3C[C@@](Br)(C1)C[C@](C(=O)O)(C3)C2. The van der Waals surface area contributed by atoms with Gasteiger partial charge in [0.15, 0.2) is 0 Å². The normalized spacial score (nSPS) is 57.1. The van der Waals surface area contributed by atoms with Crippen LogP contribution in [-0.4, -0.2) is 15.4 Å². The lowest BCUT2D eigenvalue weighted by Crippen LogP contribution is -2.59. The van der Waals surface area contributed by atoms with Gasteiger partial charge in [-0.25, -0.2) is 0 Å². The zero-order valence-electron chi connectivity index (χ0n) is 9.05. The Morgan fingerprint density at radius 3 is 2.53 bits per heavy atom. The van der Waals surface area contributed by atoms with Crippen molar-refractivity contribution < 1.29 is 9.90 Å². The second-order valence-electron chi connectivity index (χ2n) is 6.56. The Morgan fingerprint density at radius 2 is 2.00 bits per heavy atom. The summed E-state index contributed by atoms with van der Waals surface area (Å²) in [5.74, 6) is 0.0865. The number of halogens is 1. The minimum atomic E-state index is -0.554. The van der Waals surface area contributed by atoms with Crippen LogP contribution in [0.3, 0.4) is 0 Å². The van der Waals surface area contributed by atoms with Gasteiger partial charge in [0.25, 0.3) is 0 Å². The van der Waals surface area contributed by atoms with Crippen molar-refractivity contribution in [3.8, 4) is 0 Å². The van der Waals surface area contributed by atoms with E-state index in [9.17, 15) is 9.90 Å². The summed E-state index contributed by atoms with van der Waals surface area (Å²) in [6, 6.07) is 0. The molecule has 0 heterocycles. The van der Waals surface area contributed by atoms with E-state index in [-0.39, 0.29) is 9.74 Å². The first-order valence-electron chi connectivity index (χ1n) is 5.77. The molecule has 4 fully saturated rings. The van der Waals surface area contributed by atoms with Gasteiger partial charge in [-0.15, -0.1) is 0 Å².